The highest BCUT2D eigenvalue weighted by atomic mass is 19.1. The number of nitro groups is 1. The molecule has 1 aromatic heterocycles. The molecule has 31 heavy (non-hydrogen) atoms. The summed E-state index contributed by atoms with van der Waals surface area (Å²) >= 11 is 0. The molecule has 0 radical (unpaired) electrons. The van der Waals surface area contributed by atoms with Crippen LogP contribution in [0.5, 0.6) is 0 Å². The first-order valence-electron chi connectivity index (χ1n) is 9.21. The zero-order valence-corrected chi connectivity index (χ0v) is 16.2. The van der Waals surface area contributed by atoms with E-state index >= 15 is 0 Å². The Morgan fingerprint density at radius 3 is 2.81 bits per heavy atom. The minimum atomic E-state index is -0.993. The van der Waals surface area contributed by atoms with Crippen LogP contribution in [-0.4, -0.2) is 43.5 Å². The summed E-state index contributed by atoms with van der Waals surface area (Å²) in [5, 5.41) is 25.0. The number of nitro benzene ring substituents is 1. The number of aromatic nitrogens is 4. The van der Waals surface area contributed by atoms with E-state index in [0.29, 0.717) is 17.1 Å². The Hall–Kier alpha value is -4.22. The molecule has 3 aromatic rings. The minimum Gasteiger partial charge on any atom is -0.326 e. The van der Waals surface area contributed by atoms with E-state index in [9.17, 15) is 24.1 Å². The first-order valence-corrected chi connectivity index (χ1v) is 9.21. The summed E-state index contributed by atoms with van der Waals surface area (Å²) in [7, 11) is 1.69. The van der Waals surface area contributed by atoms with Crippen molar-refractivity contribution in [3.63, 3.8) is 0 Å². The van der Waals surface area contributed by atoms with Crippen molar-refractivity contribution < 1.29 is 18.9 Å². The topological polar surface area (TPSA) is 136 Å². The van der Waals surface area contributed by atoms with Crippen molar-refractivity contribution in [1.82, 2.24) is 20.2 Å². The quantitative estimate of drug-likeness (QED) is 0.487. The number of anilines is 2. The molecule has 11 nitrogen and oxygen atoms in total. The Kier molecular flexibility index (Phi) is 5.11. The molecule has 1 saturated heterocycles. The van der Waals surface area contributed by atoms with Gasteiger partial charge in [0, 0.05) is 37.3 Å². The van der Waals surface area contributed by atoms with Gasteiger partial charge in [-0.2, -0.15) is 4.39 Å². The maximum atomic E-state index is 13.6. The summed E-state index contributed by atoms with van der Waals surface area (Å²) in [5.41, 5.74) is 0.653. The van der Waals surface area contributed by atoms with Crippen molar-refractivity contribution in [1.29, 1.82) is 0 Å². The Bertz CT molecular complexity index is 1200. The van der Waals surface area contributed by atoms with E-state index in [1.807, 2.05) is 0 Å². The first kappa shape index (κ1) is 20.1. The molecule has 4 rings (SSSR count). The van der Waals surface area contributed by atoms with Crippen molar-refractivity contribution in [2.45, 2.75) is 6.42 Å². The summed E-state index contributed by atoms with van der Waals surface area (Å²) in [4.78, 5) is 36.5. The smallest absolute Gasteiger partial charge is 0.306 e. The summed E-state index contributed by atoms with van der Waals surface area (Å²) in [5.74, 6) is -1.89. The lowest BCUT2D eigenvalue weighted by Gasteiger charge is -2.16. The molecule has 1 fully saturated rings. The molecule has 0 unspecified atom stereocenters. The van der Waals surface area contributed by atoms with E-state index in [-0.39, 0.29) is 30.5 Å². The highest BCUT2D eigenvalue weighted by Gasteiger charge is 2.36. The highest BCUT2D eigenvalue weighted by molar-refractivity contribution is 6.03. The Morgan fingerprint density at radius 1 is 1.29 bits per heavy atom. The van der Waals surface area contributed by atoms with Crippen LogP contribution >= 0.6 is 0 Å². The second kappa shape index (κ2) is 7.89. The lowest BCUT2D eigenvalue weighted by atomic mass is 10.1. The van der Waals surface area contributed by atoms with Crippen LogP contribution in [0.25, 0.3) is 11.4 Å². The van der Waals surface area contributed by atoms with E-state index in [4.69, 9.17) is 0 Å². The van der Waals surface area contributed by atoms with E-state index in [2.05, 4.69) is 20.8 Å². The van der Waals surface area contributed by atoms with Gasteiger partial charge in [-0.15, -0.1) is 5.10 Å². The largest absolute Gasteiger partial charge is 0.326 e. The zero-order valence-electron chi connectivity index (χ0n) is 16.2. The van der Waals surface area contributed by atoms with Crippen molar-refractivity contribution in [3.05, 3.63) is 58.4 Å². The number of nitrogens with zero attached hydrogens (tertiary/aromatic N) is 6. The summed E-state index contributed by atoms with van der Waals surface area (Å²) in [6.45, 7) is 0.0281. The van der Waals surface area contributed by atoms with Gasteiger partial charge in [0.2, 0.25) is 17.6 Å². The van der Waals surface area contributed by atoms with Gasteiger partial charge in [0.05, 0.1) is 16.5 Å². The third kappa shape index (κ3) is 3.95. The normalized spacial score (nSPS) is 15.9. The van der Waals surface area contributed by atoms with Crippen molar-refractivity contribution in [3.8, 4) is 11.4 Å². The number of aryl methyl sites for hydroxylation is 1. The number of rotatable bonds is 5. The molecule has 0 aliphatic carbocycles. The molecular weight excluding hydrogens is 409 g/mol. The number of nitrogens with one attached hydrogen (secondary N) is 1. The van der Waals surface area contributed by atoms with Crippen LogP contribution in [0.2, 0.25) is 0 Å². The van der Waals surface area contributed by atoms with Gasteiger partial charge in [0.15, 0.2) is 5.82 Å². The number of hydrogen-bond donors (Lipinski definition) is 1. The Labute approximate surface area is 174 Å². The standard InChI is InChI=1S/C19H16FN7O4/c1-25-18(22-23-24-25)11-3-2-4-13(7-11)21-19(29)12-8-17(28)26(10-12)14-5-6-15(20)16(9-14)27(30)31/h2-7,9,12H,8,10H2,1H3,(H,21,29)/t12-/m0/s1. The molecule has 2 heterocycles. The van der Waals surface area contributed by atoms with Crippen LogP contribution < -0.4 is 10.2 Å². The Balaban J connectivity index is 1.49. The fourth-order valence-corrected chi connectivity index (χ4v) is 3.40. The van der Waals surface area contributed by atoms with Crippen molar-refractivity contribution in [2.75, 3.05) is 16.8 Å². The van der Waals surface area contributed by atoms with Crippen LogP contribution in [0.15, 0.2) is 42.5 Å². The van der Waals surface area contributed by atoms with Gasteiger partial charge in [-0.3, -0.25) is 19.7 Å². The van der Waals surface area contributed by atoms with Gasteiger partial charge in [-0.1, -0.05) is 12.1 Å². The van der Waals surface area contributed by atoms with Gasteiger partial charge in [0.1, 0.15) is 0 Å². The molecule has 2 aromatic carbocycles. The lowest BCUT2D eigenvalue weighted by molar-refractivity contribution is -0.387. The maximum Gasteiger partial charge on any atom is 0.306 e. The monoisotopic (exact) mass is 425 g/mol. The van der Waals surface area contributed by atoms with Crippen LogP contribution in [-0.2, 0) is 16.6 Å². The second-order valence-corrected chi connectivity index (χ2v) is 6.99. The summed E-state index contributed by atoms with van der Waals surface area (Å²) in [6.07, 6.45) is -0.0656. The number of benzene rings is 2. The molecule has 1 aliphatic heterocycles. The molecule has 1 atom stereocenters. The van der Waals surface area contributed by atoms with E-state index < -0.39 is 22.3 Å². The van der Waals surface area contributed by atoms with Gasteiger partial charge in [-0.05, 0) is 34.7 Å². The van der Waals surface area contributed by atoms with Gasteiger partial charge in [-0.25, -0.2) is 4.68 Å². The maximum absolute atomic E-state index is 13.6. The van der Waals surface area contributed by atoms with Crippen molar-refractivity contribution in [2.24, 2.45) is 13.0 Å². The molecule has 0 bridgehead atoms. The fraction of sp³-hybridized carbons (Fsp3) is 0.211. The number of tetrazole rings is 1. The lowest BCUT2D eigenvalue weighted by Crippen LogP contribution is -2.28. The third-order valence-electron chi connectivity index (χ3n) is 4.94. The highest BCUT2D eigenvalue weighted by Crippen LogP contribution is 2.30. The molecule has 1 N–H and O–H groups in total. The molecule has 12 heteroatoms. The Morgan fingerprint density at radius 2 is 2.10 bits per heavy atom. The van der Waals surface area contributed by atoms with Gasteiger partial charge < -0.3 is 10.2 Å². The molecule has 1 aliphatic rings. The number of carbonyl (C=O) groups excluding carboxylic acids is 2. The summed E-state index contributed by atoms with van der Waals surface area (Å²) in [6, 6.07) is 10.1. The average molecular weight is 425 g/mol. The SMILES string of the molecule is Cn1nnnc1-c1cccc(NC(=O)[C@H]2CC(=O)N(c3ccc(F)c([N+](=O)[O-])c3)C2)c1. The summed E-state index contributed by atoms with van der Waals surface area (Å²) < 4.78 is 15.1. The number of carbonyl (C=O) groups is 2. The van der Waals surface area contributed by atoms with Gasteiger partial charge >= 0.3 is 5.69 Å². The van der Waals surface area contributed by atoms with Crippen LogP contribution in [0.1, 0.15) is 6.42 Å². The fourth-order valence-electron chi connectivity index (χ4n) is 3.40. The van der Waals surface area contributed by atoms with Crippen LogP contribution in [0.4, 0.5) is 21.5 Å². The average Bonchev–Trinajstić information content (AvgIpc) is 3.34. The molecule has 0 spiro atoms. The number of hydrogen-bond acceptors (Lipinski definition) is 7. The predicted octanol–water partition coefficient (Wildman–Crippen LogP) is 1.92. The number of halogens is 1. The van der Waals surface area contributed by atoms with Crippen LogP contribution in [0, 0.1) is 21.8 Å². The van der Waals surface area contributed by atoms with Crippen molar-refractivity contribution >= 4 is 28.9 Å². The van der Waals surface area contributed by atoms with Gasteiger partial charge in [0.25, 0.3) is 0 Å². The van der Waals surface area contributed by atoms with E-state index in [1.54, 1.807) is 31.3 Å². The molecule has 158 valence electrons. The molecule has 2 amide bonds. The number of amides is 2. The minimum absolute atomic E-state index is 0.0281. The van der Waals surface area contributed by atoms with E-state index in [0.717, 1.165) is 12.1 Å². The third-order valence-corrected chi connectivity index (χ3v) is 4.94. The molecular formula is C19H16FN7O4. The molecule has 0 saturated carbocycles. The predicted molar refractivity (Wildman–Crippen MR) is 106 cm³/mol. The van der Waals surface area contributed by atoms with Crippen LogP contribution in [0.3, 0.4) is 0 Å². The second-order valence-electron chi connectivity index (χ2n) is 6.99. The van der Waals surface area contributed by atoms with E-state index in [1.165, 1.54) is 15.6 Å². The zero-order chi connectivity index (χ0) is 22.1. The first-order chi connectivity index (χ1) is 14.8.